The van der Waals surface area contributed by atoms with Gasteiger partial charge in [0.2, 0.25) is 0 Å². The Morgan fingerprint density at radius 3 is 2.93 bits per heavy atom. The molecule has 0 bridgehead atoms. The molecule has 0 aromatic heterocycles. The van der Waals surface area contributed by atoms with Gasteiger partial charge in [0.25, 0.3) is 0 Å². The highest BCUT2D eigenvalue weighted by atomic mass is 35.5. The van der Waals surface area contributed by atoms with Crippen LogP contribution in [0.1, 0.15) is 11.1 Å². The molecule has 0 aliphatic rings. The molecule has 3 heteroatoms. The van der Waals surface area contributed by atoms with Crippen LogP contribution in [0.2, 0.25) is 0 Å². The molecule has 1 rings (SSSR count). The number of rotatable bonds is 2. The molecule has 1 N–H and O–H groups in total. The summed E-state index contributed by atoms with van der Waals surface area (Å²) in [5, 5.41) is 8.58. The average Bonchev–Trinajstić information content (AvgIpc) is 2.14. The number of carboxylic acids is 1. The normalized spacial score (nSPS) is 8.93. The summed E-state index contributed by atoms with van der Waals surface area (Å²) in [6.45, 7) is 0. The third-order valence-electron chi connectivity index (χ3n) is 1.58. The van der Waals surface area contributed by atoms with Gasteiger partial charge in [-0.25, -0.2) is 0 Å². The number of hydrogen-bond acceptors (Lipinski definition) is 1. The van der Waals surface area contributed by atoms with E-state index in [9.17, 15) is 4.79 Å². The van der Waals surface area contributed by atoms with E-state index < -0.39 is 5.97 Å². The SMILES string of the molecule is O=C(O)Cc1cccc(C#CCCl)c1. The molecule has 2 nitrogen and oxygen atoms in total. The van der Waals surface area contributed by atoms with Crippen molar-refractivity contribution in [3.63, 3.8) is 0 Å². The Hall–Kier alpha value is -1.46. The summed E-state index contributed by atoms with van der Waals surface area (Å²) >= 11 is 5.41. The molecule has 0 heterocycles. The molecule has 0 saturated heterocycles. The van der Waals surface area contributed by atoms with Crippen LogP contribution in [-0.4, -0.2) is 17.0 Å². The van der Waals surface area contributed by atoms with E-state index in [1.54, 1.807) is 18.2 Å². The number of hydrogen-bond donors (Lipinski definition) is 1. The summed E-state index contributed by atoms with van der Waals surface area (Å²) in [5.41, 5.74) is 1.54. The lowest BCUT2D eigenvalue weighted by atomic mass is 10.1. The second kappa shape index (κ2) is 5.31. The first-order valence-corrected chi connectivity index (χ1v) is 4.61. The van der Waals surface area contributed by atoms with Crippen molar-refractivity contribution < 1.29 is 9.90 Å². The van der Waals surface area contributed by atoms with Gasteiger partial charge in [0.05, 0.1) is 12.3 Å². The Kier molecular flexibility index (Phi) is 4.03. The first-order valence-electron chi connectivity index (χ1n) is 4.08. The molecule has 0 spiro atoms. The van der Waals surface area contributed by atoms with E-state index in [4.69, 9.17) is 16.7 Å². The molecule has 72 valence electrons. The molecule has 0 atom stereocenters. The minimum Gasteiger partial charge on any atom is -0.481 e. The van der Waals surface area contributed by atoms with Crippen LogP contribution < -0.4 is 0 Å². The first kappa shape index (κ1) is 10.6. The zero-order valence-corrected chi connectivity index (χ0v) is 8.21. The van der Waals surface area contributed by atoms with Gasteiger partial charge >= 0.3 is 5.97 Å². The predicted octanol–water partition coefficient (Wildman–Crippen LogP) is 1.90. The third kappa shape index (κ3) is 3.51. The van der Waals surface area contributed by atoms with E-state index >= 15 is 0 Å². The lowest BCUT2D eigenvalue weighted by Gasteiger charge is -1.96. The number of carboxylic acid groups (broad SMARTS) is 1. The summed E-state index contributed by atoms with van der Waals surface area (Å²) in [6, 6.07) is 7.13. The number of benzene rings is 1. The summed E-state index contributed by atoms with van der Waals surface area (Å²) in [5.74, 6) is 4.99. The Morgan fingerprint density at radius 2 is 2.29 bits per heavy atom. The highest BCUT2D eigenvalue weighted by molar-refractivity contribution is 6.19. The molecule has 1 aromatic rings. The fraction of sp³-hybridized carbons (Fsp3) is 0.182. The molecule has 0 saturated carbocycles. The van der Waals surface area contributed by atoms with E-state index in [0.717, 1.165) is 11.1 Å². The van der Waals surface area contributed by atoms with Gasteiger partial charge in [0.15, 0.2) is 0 Å². The van der Waals surface area contributed by atoms with Crippen LogP contribution in [0.5, 0.6) is 0 Å². The molecule has 0 unspecified atom stereocenters. The standard InChI is InChI=1S/C11H9ClO2/c12-6-2-5-9-3-1-4-10(7-9)8-11(13)14/h1,3-4,7H,6,8H2,(H,13,14). The molecule has 0 aliphatic heterocycles. The maximum atomic E-state index is 10.4. The summed E-state index contributed by atoms with van der Waals surface area (Å²) in [6.07, 6.45) is 0.0242. The van der Waals surface area contributed by atoms with Gasteiger partial charge in [0.1, 0.15) is 0 Å². The Morgan fingerprint density at radius 1 is 1.50 bits per heavy atom. The largest absolute Gasteiger partial charge is 0.481 e. The third-order valence-corrected chi connectivity index (χ3v) is 1.72. The van der Waals surface area contributed by atoms with Gasteiger partial charge in [0, 0.05) is 5.56 Å². The molecule has 0 radical (unpaired) electrons. The van der Waals surface area contributed by atoms with Crippen molar-refractivity contribution >= 4 is 17.6 Å². The quantitative estimate of drug-likeness (QED) is 0.596. The smallest absolute Gasteiger partial charge is 0.307 e. The maximum absolute atomic E-state index is 10.4. The van der Waals surface area contributed by atoms with E-state index in [-0.39, 0.29) is 12.3 Å². The minimum atomic E-state index is -0.840. The van der Waals surface area contributed by atoms with Gasteiger partial charge in [-0.2, -0.15) is 0 Å². The number of alkyl halides is 1. The fourth-order valence-electron chi connectivity index (χ4n) is 1.07. The zero-order valence-electron chi connectivity index (χ0n) is 7.46. The highest BCUT2D eigenvalue weighted by Gasteiger charge is 1.99. The lowest BCUT2D eigenvalue weighted by molar-refractivity contribution is -0.136. The van der Waals surface area contributed by atoms with E-state index in [1.165, 1.54) is 0 Å². The number of carbonyl (C=O) groups is 1. The molecule has 14 heavy (non-hydrogen) atoms. The van der Waals surface area contributed by atoms with Crippen LogP contribution in [0.15, 0.2) is 24.3 Å². The zero-order chi connectivity index (χ0) is 10.4. The topological polar surface area (TPSA) is 37.3 Å². The summed E-state index contributed by atoms with van der Waals surface area (Å²) < 4.78 is 0. The monoisotopic (exact) mass is 208 g/mol. The van der Waals surface area contributed by atoms with Crippen LogP contribution in [0.25, 0.3) is 0 Å². The molecule has 1 aromatic carbocycles. The first-order chi connectivity index (χ1) is 6.72. The average molecular weight is 209 g/mol. The van der Waals surface area contributed by atoms with Crippen LogP contribution in [0, 0.1) is 11.8 Å². The molecular formula is C11H9ClO2. The van der Waals surface area contributed by atoms with Crippen molar-refractivity contribution in [2.24, 2.45) is 0 Å². The Bertz CT molecular complexity index is 388. The van der Waals surface area contributed by atoms with Crippen LogP contribution in [0.3, 0.4) is 0 Å². The number of aliphatic carboxylic acids is 1. The van der Waals surface area contributed by atoms with E-state index in [0.29, 0.717) is 0 Å². The Labute approximate surface area is 87.5 Å². The van der Waals surface area contributed by atoms with Crippen molar-refractivity contribution in [1.29, 1.82) is 0 Å². The number of halogens is 1. The van der Waals surface area contributed by atoms with Gasteiger partial charge in [-0.15, -0.1) is 11.6 Å². The van der Waals surface area contributed by atoms with Crippen LogP contribution in [0.4, 0.5) is 0 Å². The van der Waals surface area contributed by atoms with Gasteiger partial charge in [-0.05, 0) is 17.7 Å². The summed E-state index contributed by atoms with van der Waals surface area (Å²) in [4.78, 5) is 10.4. The molecule has 0 aliphatic carbocycles. The van der Waals surface area contributed by atoms with E-state index in [2.05, 4.69) is 11.8 Å². The summed E-state index contributed by atoms with van der Waals surface area (Å²) in [7, 11) is 0. The minimum absolute atomic E-state index is 0.0242. The Balaban J connectivity index is 2.84. The second-order valence-electron chi connectivity index (χ2n) is 2.71. The lowest BCUT2D eigenvalue weighted by Crippen LogP contribution is -1.99. The fourth-order valence-corrected chi connectivity index (χ4v) is 1.14. The highest BCUT2D eigenvalue weighted by Crippen LogP contribution is 2.04. The van der Waals surface area contributed by atoms with Gasteiger partial charge in [-0.1, -0.05) is 24.0 Å². The van der Waals surface area contributed by atoms with Crippen molar-refractivity contribution in [3.05, 3.63) is 35.4 Å². The van der Waals surface area contributed by atoms with E-state index in [1.807, 2.05) is 6.07 Å². The van der Waals surface area contributed by atoms with Gasteiger partial charge in [-0.3, -0.25) is 4.79 Å². The maximum Gasteiger partial charge on any atom is 0.307 e. The van der Waals surface area contributed by atoms with Crippen molar-refractivity contribution in [2.45, 2.75) is 6.42 Å². The van der Waals surface area contributed by atoms with Gasteiger partial charge < -0.3 is 5.11 Å². The van der Waals surface area contributed by atoms with Crippen molar-refractivity contribution in [2.75, 3.05) is 5.88 Å². The molecular weight excluding hydrogens is 200 g/mol. The molecule has 0 amide bonds. The molecule has 0 fully saturated rings. The predicted molar refractivity (Wildman–Crippen MR) is 55.4 cm³/mol. The van der Waals surface area contributed by atoms with Crippen molar-refractivity contribution in [1.82, 2.24) is 0 Å². The van der Waals surface area contributed by atoms with Crippen LogP contribution in [-0.2, 0) is 11.2 Å². The van der Waals surface area contributed by atoms with Crippen LogP contribution >= 0.6 is 11.6 Å². The second-order valence-corrected chi connectivity index (χ2v) is 2.97. The van der Waals surface area contributed by atoms with Crippen molar-refractivity contribution in [3.8, 4) is 11.8 Å².